The quantitative estimate of drug-likeness (QED) is 0.904. The van der Waals surface area contributed by atoms with E-state index in [2.05, 4.69) is 36.4 Å². The monoisotopic (exact) mass is 326 g/mol. The minimum Gasteiger partial charge on any atom is -0.345 e. The smallest absolute Gasteiger partial charge is 0.291 e. The Labute approximate surface area is 117 Å². The van der Waals surface area contributed by atoms with E-state index in [0.29, 0.717) is 17.8 Å². The van der Waals surface area contributed by atoms with E-state index in [-0.39, 0.29) is 18.2 Å². The number of hydrogen-bond donors (Lipinski definition) is 2. The second kappa shape index (κ2) is 5.92. The van der Waals surface area contributed by atoms with Crippen molar-refractivity contribution in [3.8, 4) is 0 Å². The molecule has 0 aliphatic heterocycles. The fraction of sp³-hybridized carbons (Fsp3) is 0.250. The van der Waals surface area contributed by atoms with Gasteiger partial charge in [-0.15, -0.1) is 5.10 Å². The van der Waals surface area contributed by atoms with Gasteiger partial charge in [-0.3, -0.25) is 9.89 Å². The van der Waals surface area contributed by atoms with Crippen LogP contribution in [0.4, 0.5) is 4.39 Å². The summed E-state index contributed by atoms with van der Waals surface area (Å²) in [5, 5.41) is 9.11. The molecule has 2 N–H and O–H groups in total. The fourth-order valence-corrected chi connectivity index (χ4v) is 1.88. The molecule has 2 aromatic rings. The third-order valence-electron chi connectivity index (χ3n) is 2.52. The molecular formula is C12H12BrFN4O. The normalized spacial score (nSPS) is 10.5. The number of aromatic nitrogens is 3. The van der Waals surface area contributed by atoms with E-state index in [1.54, 1.807) is 6.07 Å². The molecule has 100 valence electrons. The van der Waals surface area contributed by atoms with E-state index in [1.165, 1.54) is 12.1 Å². The van der Waals surface area contributed by atoms with E-state index in [4.69, 9.17) is 0 Å². The predicted octanol–water partition coefficient (Wildman–Crippen LogP) is 2.20. The highest BCUT2D eigenvalue weighted by atomic mass is 79.9. The summed E-state index contributed by atoms with van der Waals surface area (Å²) in [6.45, 7) is 2.11. The largest absolute Gasteiger partial charge is 0.345 e. The molecule has 0 saturated carbocycles. The Balaban J connectivity index is 2.02. The van der Waals surface area contributed by atoms with Gasteiger partial charge in [0.25, 0.3) is 5.91 Å². The van der Waals surface area contributed by atoms with Gasteiger partial charge in [-0.25, -0.2) is 9.37 Å². The molecule has 0 unspecified atom stereocenters. The van der Waals surface area contributed by atoms with Gasteiger partial charge in [0.15, 0.2) is 0 Å². The maximum Gasteiger partial charge on any atom is 0.291 e. The van der Waals surface area contributed by atoms with Gasteiger partial charge in [0.1, 0.15) is 11.6 Å². The summed E-state index contributed by atoms with van der Waals surface area (Å²) in [6.07, 6.45) is 0.676. The van der Waals surface area contributed by atoms with Crippen molar-refractivity contribution >= 4 is 21.8 Å². The minimum absolute atomic E-state index is 0.0874. The third-order valence-corrected chi connectivity index (χ3v) is 3.29. The van der Waals surface area contributed by atoms with E-state index in [0.717, 1.165) is 4.47 Å². The summed E-state index contributed by atoms with van der Waals surface area (Å²) in [5.74, 6) is -0.00724. The number of amides is 1. The molecule has 0 radical (unpaired) electrons. The highest BCUT2D eigenvalue weighted by Crippen LogP contribution is 2.17. The van der Waals surface area contributed by atoms with Crippen LogP contribution in [0, 0.1) is 5.82 Å². The van der Waals surface area contributed by atoms with Gasteiger partial charge in [-0.2, -0.15) is 0 Å². The zero-order valence-electron chi connectivity index (χ0n) is 10.2. The van der Waals surface area contributed by atoms with Crippen molar-refractivity contribution in [1.29, 1.82) is 0 Å². The number of halogens is 2. The molecule has 1 amide bonds. The SMILES string of the molecule is CCc1nc(C(=O)NCc2cc(F)ccc2Br)n[nH]1. The molecule has 7 heteroatoms. The number of carbonyl (C=O) groups is 1. The summed E-state index contributed by atoms with van der Waals surface area (Å²) in [7, 11) is 0. The van der Waals surface area contributed by atoms with E-state index >= 15 is 0 Å². The average Bonchev–Trinajstić information content (AvgIpc) is 2.88. The number of benzene rings is 1. The topological polar surface area (TPSA) is 70.7 Å². The zero-order chi connectivity index (χ0) is 13.8. The van der Waals surface area contributed by atoms with Gasteiger partial charge in [0.05, 0.1) is 0 Å². The molecule has 0 aliphatic carbocycles. The van der Waals surface area contributed by atoms with Crippen molar-refractivity contribution in [3.05, 3.63) is 45.7 Å². The molecule has 0 bridgehead atoms. The first-order valence-corrected chi connectivity index (χ1v) is 6.53. The first-order chi connectivity index (χ1) is 9.10. The third kappa shape index (κ3) is 3.37. The molecule has 1 aromatic carbocycles. The van der Waals surface area contributed by atoms with Crippen molar-refractivity contribution in [1.82, 2.24) is 20.5 Å². The maximum atomic E-state index is 13.1. The summed E-state index contributed by atoms with van der Waals surface area (Å²) in [4.78, 5) is 15.8. The number of H-pyrrole nitrogens is 1. The van der Waals surface area contributed by atoms with Crippen molar-refractivity contribution in [2.24, 2.45) is 0 Å². The van der Waals surface area contributed by atoms with Gasteiger partial charge in [0.2, 0.25) is 5.82 Å². The Hall–Kier alpha value is -1.76. The summed E-state index contributed by atoms with van der Waals surface area (Å²) < 4.78 is 13.8. The van der Waals surface area contributed by atoms with Crippen LogP contribution in [-0.4, -0.2) is 21.1 Å². The van der Waals surface area contributed by atoms with Crippen molar-refractivity contribution in [3.63, 3.8) is 0 Å². The first-order valence-electron chi connectivity index (χ1n) is 5.73. The van der Waals surface area contributed by atoms with Crippen molar-refractivity contribution in [2.75, 3.05) is 0 Å². The summed E-state index contributed by atoms with van der Waals surface area (Å²) in [5.41, 5.74) is 0.652. The molecule has 0 spiro atoms. The van der Waals surface area contributed by atoms with Crippen LogP contribution in [-0.2, 0) is 13.0 Å². The standard InChI is InChI=1S/C12H12BrFN4O/c1-2-10-16-11(18-17-10)12(19)15-6-7-5-8(14)3-4-9(7)13/h3-5H,2,6H2,1H3,(H,15,19)(H,16,17,18). The fourth-order valence-electron chi connectivity index (χ4n) is 1.49. The lowest BCUT2D eigenvalue weighted by molar-refractivity contribution is 0.0940. The van der Waals surface area contributed by atoms with Crippen LogP contribution in [0.5, 0.6) is 0 Å². The van der Waals surface area contributed by atoms with Crippen LogP contribution < -0.4 is 5.32 Å². The van der Waals surface area contributed by atoms with E-state index < -0.39 is 5.91 Å². The van der Waals surface area contributed by atoms with Gasteiger partial charge >= 0.3 is 0 Å². The molecule has 5 nitrogen and oxygen atoms in total. The molecule has 1 aromatic heterocycles. The second-order valence-electron chi connectivity index (χ2n) is 3.88. The summed E-state index contributed by atoms with van der Waals surface area (Å²) in [6, 6.07) is 4.30. The lowest BCUT2D eigenvalue weighted by Gasteiger charge is -2.05. The number of rotatable bonds is 4. The summed E-state index contributed by atoms with van der Waals surface area (Å²) >= 11 is 3.30. The number of hydrogen-bond acceptors (Lipinski definition) is 3. The number of carbonyl (C=O) groups excluding carboxylic acids is 1. The molecule has 0 saturated heterocycles. The minimum atomic E-state index is -0.396. The number of nitrogens with zero attached hydrogens (tertiary/aromatic N) is 2. The van der Waals surface area contributed by atoms with Crippen molar-refractivity contribution in [2.45, 2.75) is 19.9 Å². The second-order valence-corrected chi connectivity index (χ2v) is 4.73. The first kappa shape index (κ1) is 13.7. The molecule has 0 aliphatic rings. The highest BCUT2D eigenvalue weighted by molar-refractivity contribution is 9.10. The van der Waals surface area contributed by atoms with Gasteiger partial charge in [0, 0.05) is 17.4 Å². The molecule has 2 rings (SSSR count). The van der Waals surface area contributed by atoms with Gasteiger partial charge < -0.3 is 5.32 Å². The number of aromatic amines is 1. The van der Waals surface area contributed by atoms with Gasteiger partial charge in [-0.05, 0) is 23.8 Å². The Morgan fingerprint density at radius 2 is 2.32 bits per heavy atom. The zero-order valence-corrected chi connectivity index (χ0v) is 11.8. The molecule has 1 heterocycles. The Morgan fingerprint density at radius 1 is 1.53 bits per heavy atom. The molecular weight excluding hydrogens is 315 g/mol. The lowest BCUT2D eigenvalue weighted by Crippen LogP contribution is -2.24. The Kier molecular flexibility index (Phi) is 4.26. The maximum absolute atomic E-state index is 13.1. The van der Waals surface area contributed by atoms with Crippen LogP contribution in [0.2, 0.25) is 0 Å². The van der Waals surface area contributed by atoms with E-state index in [9.17, 15) is 9.18 Å². The van der Waals surface area contributed by atoms with Crippen LogP contribution in [0.3, 0.4) is 0 Å². The lowest BCUT2D eigenvalue weighted by atomic mass is 10.2. The van der Waals surface area contributed by atoms with Crippen LogP contribution in [0.15, 0.2) is 22.7 Å². The van der Waals surface area contributed by atoms with Crippen LogP contribution >= 0.6 is 15.9 Å². The number of nitrogens with one attached hydrogen (secondary N) is 2. The predicted molar refractivity (Wildman–Crippen MR) is 71.0 cm³/mol. The van der Waals surface area contributed by atoms with Crippen LogP contribution in [0.25, 0.3) is 0 Å². The average molecular weight is 327 g/mol. The highest BCUT2D eigenvalue weighted by Gasteiger charge is 2.12. The van der Waals surface area contributed by atoms with Crippen molar-refractivity contribution < 1.29 is 9.18 Å². The number of aryl methyl sites for hydroxylation is 1. The molecule has 0 atom stereocenters. The Bertz CT molecular complexity index is 599. The molecule has 19 heavy (non-hydrogen) atoms. The Morgan fingerprint density at radius 3 is 3.00 bits per heavy atom. The van der Waals surface area contributed by atoms with Crippen LogP contribution in [0.1, 0.15) is 28.9 Å². The van der Waals surface area contributed by atoms with E-state index in [1.807, 2.05) is 6.92 Å². The molecule has 0 fully saturated rings. The van der Waals surface area contributed by atoms with Gasteiger partial charge in [-0.1, -0.05) is 22.9 Å².